The molecule has 2 heterocycles. The summed E-state index contributed by atoms with van der Waals surface area (Å²) in [5.74, 6) is 1.40. The van der Waals surface area contributed by atoms with Crippen molar-refractivity contribution in [3.63, 3.8) is 0 Å². The predicted molar refractivity (Wildman–Crippen MR) is 104 cm³/mol. The summed E-state index contributed by atoms with van der Waals surface area (Å²) in [5.41, 5.74) is 1.13. The first-order valence-electron chi connectivity index (χ1n) is 9.52. The van der Waals surface area contributed by atoms with Gasteiger partial charge in [0.15, 0.2) is 5.96 Å². The van der Waals surface area contributed by atoms with E-state index in [9.17, 15) is 4.79 Å². The number of hydrogen-bond donors (Lipinski definition) is 2. The van der Waals surface area contributed by atoms with Crippen LogP contribution in [0.1, 0.15) is 37.7 Å². The van der Waals surface area contributed by atoms with E-state index in [1.807, 2.05) is 11.0 Å². The van der Waals surface area contributed by atoms with Gasteiger partial charge in [-0.05, 0) is 37.3 Å². The van der Waals surface area contributed by atoms with Crippen LogP contribution in [-0.2, 0) is 11.2 Å². The number of carbonyl (C=O) groups excluding carboxylic acids is 1. The number of aromatic nitrogens is 1. The zero-order chi connectivity index (χ0) is 18.4. The lowest BCUT2D eigenvalue weighted by Gasteiger charge is -2.21. The maximum absolute atomic E-state index is 12.5. The normalized spacial score (nSPS) is 21.2. The van der Waals surface area contributed by atoms with E-state index in [2.05, 4.69) is 20.6 Å². The maximum atomic E-state index is 12.5. The van der Waals surface area contributed by atoms with Crippen LogP contribution in [0.4, 0.5) is 0 Å². The molecule has 0 radical (unpaired) electrons. The van der Waals surface area contributed by atoms with Gasteiger partial charge in [-0.25, -0.2) is 4.98 Å². The minimum atomic E-state index is 0.263. The van der Waals surface area contributed by atoms with Crippen LogP contribution in [0.2, 0.25) is 5.15 Å². The predicted octanol–water partition coefficient (Wildman–Crippen LogP) is 2.23. The first-order valence-corrected chi connectivity index (χ1v) is 9.90. The fourth-order valence-electron chi connectivity index (χ4n) is 3.78. The molecule has 0 aromatic carbocycles. The number of halogens is 1. The number of hydrogen-bond acceptors (Lipinski definition) is 3. The van der Waals surface area contributed by atoms with Crippen molar-refractivity contribution in [1.29, 1.82) is 0 Å². The maximum Gasteiger partial charge on any atom is 0.225 e. The number of amides is 1. The molecular weight excluding hydrogens is 350 g/mol. The molecule has 7 heteroatoms. The van der Waals surface area contributed by atoms with E-state index in [0.29, 0.717) is 11.1 Å². The van der Waals surface area contributed by atoms with E-state index in [-0.39, 0.29) is 12.0 Å². The van der Waals surface area contributed by atoms with Gasteiger partial charge in [0.25, 0.3) is 0 Å². The Balaban J connectivity index is 1.40. The molecule has 26 heavy (non-hydrogen) atoms. The molecule has 1 atom stereocenters. The third-order valence-electron chi connectivity index (χ3n) is 5.26. The number of nitrogens with one attached hydrogen (secondary N) is 2. The average Bonchev–Trinajstić information content (AvgIpc) is 3.34. The van der Waals surface area contributed by atoms with Crippen LogP contribution >= 0.6 is 11.6 Å². The van der Waals surface area contributed by atoms with Crippen molar-refractivity contribution in [2.45, 2.75) is 44.6 Å². The van der Waals surface area contributed by atoms with Crippen molar-refractivity contribution in [2.24, 2.45) is 10.9 Å². The second kappa shape index (κ2) is 9.21. The Morgan fingerprint density at radius 2 is 2.15 bits per heavy atom. The van der Waals surface area contributed by atoms with Gasteiger partial charge in [0.1, 0.15) is 5.15 Å². The molecule has 2 aliphatic rings. The van der Waals surface area contributed by atoms with Gasteiger partial charge in [-0.15, -0.1) is 0 Å². The summed E-state index contributed by atoms with van der Waals surface area (Å²) in [5, 5.41) is 7.29. The van der Waals surface area contributed by atoms with Gasteiger partial charge in [0.2, 0.25) is 5.91 Å². The molecule has 1 amide bonds. The number of carbonyl (C=O) groups is 1. The SMILES string of the molecule is CN=C(NCCc1ccc(Cl)nc1)NC1CCN(C(=O)C2CCCC2)C1. The summed E-state index contributed by atoms with van der Waals surface area (Å²) in [6.45, 7) is 2.39. The molecule has 1 aliphatic heterocycles. The quantitative estimate of drug-likeness (QED) is 0.469. The summed E-state index contributed by atoms with van der Waals surface area (Å²) in [6, 6.07) is 4.05. The first kappa shape index (κ1) is 19.0. The number of aliphatic imine (C=N–C) groups is 1. The number of likely N-dealkylation sites (tertiary alicyclic amines) is 1. The monoisotopic (exact) mass is 377 g/mol. The summed E-state index contributed by atoms with van der Waals surface area (Å²) < 4.78 is 0. The molecule has 1 saturated carbocycles. The Morgan fingerprint density at radius 1 is 1.35 bits per heavy atom. The molecule has 2 fully saturated rings. The van der Waals surface area contributed by atoms with Crippen molar-refractivity contribution in [3.8, 4) is 0 Å². The number of nitrogens with zero attached hydrogens (tertiary/aromatic N) is 3. The van der Waals surface area contributed by atoms with Crippen molar-refractivity contribution in [1.82, 2.24) is 20.5 Å². The van der Waals surface area contributed by atoms with Gasteiger partial charge < -0.3 is 15.5 Å². The fraction of sp³-hybridized carbons (Fsp3) is 0.632. The van der Waals surface area contributed by atoms with Crippen LogP contribution < -0.4 is 10.6 Å². The Kier molecular flexibility index (Phi) is 6.72. The number of rotatable bonds is 5. The van der Waals surface area contributed by atoms with Crippen LogP contribution in [0, 0.1) is 5.92 Å². The molecule has 2 N–H and O–H groups in total. The van der Waals surface area contributed by atoms with Gasteiger partial charge in [-0.1, -0.05) is 30.5 Å². The molecule has 3 rings (SSSR count). The Hall–Kier alpha value is -1.82. The van der Waals surface area contributed by atoms with Crippen LogP contribution in [0.25, 0.3) is 0 Å². The van der Waals surface area contributed by atoms with E-state index in [1.54, 1.807) is 19.3 Å². The Labute approximate surface area is 160 Å². The highest BCUT2D eigenvalue weighted by atomic mass is 35.5. The summed E-state index contributed by atoms with van der Waals surface area (Å²) in [7, 11) is 1.77. The van der Waals surface area contributed by atoms with Gasteiger partial charge in [0.05, 0.1) is 0 Å². The zero-order valence-electron chi connectivity index (χ0n) is 15.4. The van der Waals surface area contributed by atoms with E-state index >= 15 is 0 Å². The van der Waals surface area contributed by atoms with Crippen LogP contribution in [0.5, 0.6) is 0 Å². The fourth-order valence-corrected chi connectivity index (χ4v) is 3.89. The van der Waals surface area contributed by atoms with E-state index in [1.165, 1.54) is 12.8 Å². The van der Waals surface area contributed by atoms with Crippen LogP contribution in [-0.4, -0.2) is 54.5 Å². The lowest BCUT2D eigenvalue weighted by molar-refractivity contribution is -0.134. The third-order valence-corrected chi connectivity index (χ3v) is 5.49. The minimum absolute atomic E-state index is 0.263. The lowest BCUT2D eigenvalue weighted by atomic mass is 10.1. The molecule has 142 valence electrons. The highest BCUT2D eigenvalue weighted by Gasteiger charge is 2.32. The Bertz CT molecular complexity index is 627. The third kappa shape index (κ3) is 5.10. The van der Waals surface area contributed by atoms with Crippen molar-refractivity contribution >= 4 is 23.5 Å². The highest BCUT2D eigenvalue weighted by Crippen LogP contribution is 2.27. The van der Waals surface area contributed by atoms with E-state index in [0.717, 1.165) is 56.8 Å². The van der Waals surface area contributed by atoms with E-state index < -0.39 is 0 Å². The number of pyridine rings is 1. The van der Waals surface area contributed by atoms with Gasteiger partial charge in [-0.3, -0.25) is 9.79 Å². The van der Waals surface area contributed by atoms with Gasteiger partial charge >= 0.3 is 0 Å². The first-order chi connectivity index (χ1) is 12.7. The highest BCUT2D eigenvalue weighted by molar-refractivity contribution is 6.29. The van der Waals surface area contributed by atoms with E-state index in [4.69, 9.17) is 11.6 Å². The molecule has 0 bridgehead atoms. The molecule has 1 aromatic heterocycles. The smallest absolute Gasteiger partial charge is 0.225 e. The van der Waals surface area contributed by atoms with Gasteiger partial charge in [0, 0.05) is 44.8 Å². The summed E-state index contributed by atoms with van der Waals surface area (Å²) >= 11 is 5.81. The van der Waals surface area contributed by atoms with Crippen LogP contribution in [0.15, 0.2) is 23.3 Å². The molecule has 0 spiro atoms. The molecular formula is C19H28ClN5O. The largest absolute Gasteiger partial charge is 0.356 e. The second-order valence-corrected chi connectivity index (χ2v) is 7.52. The summed E-state index contributed by atoms with van der Waals surface area (Å²) in [6.07, 6.45) is 8.15. The van der Waals surface area contributed by atoms with Gasteiger partial charge in [-0.2, -0.15) is 0 Å². The van der Waals surface area contributed by atoms with Crippen molar-refractivity contribution in [3.05, 3.63) is 29.0 Å². The molecule has 1 aromatic rings. The summed E-state index contributed by atoms with van der Waals surface area (Å²) in [4.78, 5) is 23.0. The van der Waals surface area contributed by atoms with Crippen LogP contribution in [0.3, 0.4) is 0 Å². The zero-order valence-corrected chi connectivity index (χ0v) is 16.1. The molecule has 6 nitrogen and oxygen atoms in total. The molecule has 1 saturated heterocycles. The second-order valence-electron chi connectivity index (χ2n) is 7.13. The average molecular weight is 378 g/mol. The lowest BCUT2D eigenvalue weighted by Crippen LogP contribution is -2.45. The molecule has 1 unspecified atom stereocenters. The molecule has 1 aliphatic carbocycles. The standard InChI is InChI=1S/C19H28ClN5O/c1-21-19(22-10-8-14-6-7-17(20)23-12-14)24-16-9-11-25(13-16)18(26)15-4-2-3-5-15/h6-7,12,15-16H,2-5,8-11,13H2,1H3,(H2,21,22,24). The topological polar surface area (TPSA) is 69.6 Å². The Morgan fingerprint density at radius 3 is 2.85 bits per heavy atom. The number of guanidine groups is 1. The van der Waals surface area contributed by atoms with Crippen molar-refractivity contribution < 1.29 is 4.79 Å². The minimum Gasteiger partial charge on any atom is -0.356 e. The van der Waals surface area contributed by atoms with Crippen molar-refractivity contribution in [2.75, 3.05) is 26.7 Å².